The summed E-state index contributed by atoms with van der Waals surface area (Å²) in [6.07, 6.45) is -0.0474. The molecule has 158 valence electrons. The second-order valence-corrected chi connectivity index (χ2v) is 7.54. The number of nitrogens with one attached hydrogen (secondary N) is 2. The quantitative estimate of drug-likeness (QED) is 0.619. The largest absolute Gasteiger partial charge is 0.480 e. The number of carbonyl (C=O) groups is 3. The monoisotopic (exact) mass is 410 g/mol. The molecular weight excluding hydrogens is 384 g/mol. The van der Waals surface area contributed by atoms with Gasteiger partial charge in [0.15, 0.2) is 0 Å². The van der Waals surface area contributed by atoms with E-state index in [0.29, 0.717) is 6.42 Å². The molecule has 0 fully saturated rings. The van der Waals surface area contributed by atoms with Crippen molar-refractivity contribution in [3.63, 3.8) is 0 Å². The third kappa shape index (κ3) is 4.97. The molecule has 30 heavy (non-hydrogen) atoms. The number of rotatable bonds is 8. The number of aliphatic carboxylic acids is 1. The lowest BCUT2D eigenvalue weighted by molar-refractivity contribution is -0.141. The van der Waals surface area contributed by atoms with Gasteiger partial charge >= 0.3 is 12.1 Å². The van der Waals surface area contributed by atoms with Gasteiger partial charge in [-0.3, -0.25) is 9.59 Å². The number of carbonyl (C=O) groups excluding carboxylic acids is 2. The van der Waals surface area contributed by atoms with Crippen molar-refractivity contribution in [1.29, 1.82) is 0 Å². The van der Waals surface area contributed by atoms with Crippen molar-refractivity contribution < 1.29 is 24.2 Å². The number of benzene rings is 2. The molecule has 0 aliphatic heterocycles. The first-order chi connectivity index (χ1) is 14.4. The molecule has 1 aliphatic carbocycles. The first-order valence-electron chi connectivity index (χ1n) is 10.0. The third-order valence-corrected chi connectivity index (χ3v) is 5.26. The average Bonchev–Trinajstić information content (AvgIpc) is 3.04. The number of fused-ring (bicyclic) bond motifs is 3. The maximum atomic E-state index is 12.2. The summed E-state index contributed by atoms with van der Waals surface area (Å²) in [5.41, 5.74) is 4.61. The molecule has 0 saturated heterocycles. The second-order valence-electron chi connectivity index (χ2n) is 7.54. The fourth-order valence-corrected chi connectivity index (χ4v) is 3.64. The summed E-state index contributed by atoms with van der Waals surface area (Å²) in [5, 5.41) is 13.9. The van der Waals surface area contributed by atoms with Crippen molar-refractivity contribution in [3.8, 4) is 11.1 Å². The van der Waals surface area contributed by atoms with Gasteiger partial charge in [0.1, 0.15) is 12.6 Å². The van der Waals surface area contributed by atoms with Crippen LogP contribution >= 0.6 is 0 Å². The van der Waals surface area contributed by atoms with Gasteiger partial charge in [0.05, 0.1) is 0 Å². The van der Waals surface area contributed by atoms with Crippen LogP contribution < -0.4 is 10.6 Å². The SMILES string of the molecule is CC(CCC(=O)NC(C)C(=O)O)NC(=O)OCC1c2ccccc2-c2ccccc21. The number of hydrogen-bond acceptors (Lipinski definition) is 4. The molecule has 1 aliphatic rings. The highest BCUT2D eigenvalue weighted by Crippen LogP contribution is 2.44. The highest BCUT2D eigenvalue weighted by atomic mass is 16.5. The van der Waals surface area contributed by atoms with Crippen molar-refractivity contribution in [1.82, 2.24) is 10.6 Å². The fourth-order valence-electron chi connectivity index (χ4n) is 3.64. The first-order valence-corrected chi connectivity index (χ1v) is 10.0. The van der Waals surface area contributed by atoms with Crippen LogP contribution in [0.15, 0.2) is 48.5 Å². The minimum atomic E-state index is -1.09. The van der Waals surface area contributed by atoms with Crippen molar-refractivity contribution >= 4 is 18.0 Å². The minimum absolute atomic E-state index is 0.0123. The highest BCUT2D eigenvalue weighted by Gasteiger charge is 2.29. The molecule has 2 aromatic carbocycles. The minimum Gasteiger partial charge on any atom is -0.480 e. The fraction of sp³-hybridized carbons (Fsp3) is 0.348. The maximum absolute atomic E-state index is 12.2. The molecule has 0 radical (unpaired) electrons. The number of carboxylic acid groups (broad SMARTS) is 1. The highest BCUT2D eigenvalue weighted by molar-refractivity contribution is 5.83. The third-order valence-electron chi connectivity index (χ3n) is 5.26. The van der Waals surface area contributed by atoms with Gasteiger partial charge in [-0.1, -0.05) is 48.5 Å². The van der Waals surface area contributed by atoms with E-state index in [1.165, 1.54) is 6.92 Å². The topological polar surface area (TPSA) is 105 Å². The Kier molecular flexibility index (Phi) is 6.72. The predicted molar refractivity (Wildman–Crippen MR) is 112 cm³/mol. The van der Waals surface area contributed by atoms with E-state index in [-0.39, 0.29) is 30.9 Å². The zero-order chi connectivity index (χ0) is 21.7. The van der Waals surface area contributed by atoms with Crippen molar-refractivity contribution in [2.45, 2.75) is 44.7 Å². The van der Waals surface area contributed by atoms with Gasteiger partial charge < -0.3 is 20.5 Å². The number of hydrogen-bond donors (Lipinski definition) is 3. The average molecular weight is 410 g/mol. The van der Waals surface area contributed by atoms with Crippen LogP contribution in [0.4, 0.5) is 4.79 Å². The number of amides is 2. The maximum Gasteiger partial charge on any atom is 0.407 e. The lowest BCUT2D eigenvalue weighted by Gasteiger charge is -2.17. The van der Waals surface area contributed by atoms with Crippen LogP contribution in [0.2, 0.25) is 0 Å². The summed E-state index contributed by atoms with van der Waals surface area (Å²) in [5.74, 6) is -1.47. The zero-order valence-electron chi connectivity index (χ0n) is 17.1. The molecular formula is C23H26N2O5. The first kappa shape index (κ1) is 21.4. The summed E-state index contributed by atoms with van der Waals surface area (Å²) in [4.78, 5) is 34.8. The van der Waals surface area contributed by atoms with Gasteiger partial charge in [0.25, 0.3) is 0 Å². The summed E-state index contributed by atoms with van der Waals surface area (Å²) >= 11 is 0. The molecule has 2 atom stereocenters. The summed E-state index contributed by atoms with van der Waals surface area (Å²) in [6.45, 7) is 3.40. The van der Waals surface area contributed by atoms with Gasteiger partial charge in [-0.2, -0.15) is 0 Å². The van der Waals surface area contributed by atoms with E-state index in [2.05, 4.69) is 34.9 Å². The van der Waals surface area contributed by atoms with Crippen LogP contribution in [0.25, 0.3) is 11.1 Å². The molecule has 0 saturated carbocycles. The summed E-state index contributed by atoms with van der Waals surface area (Å²) in [7, 11) is 0. The van der Waals surface area contributed by atoms with E-state index in [1.807, 2.05) is 24.3 Å². The van der Waals surface area contributed by atoms with Crippen LogP contribution in [-0.4, -0.2) is 41.8 Å². The predicted octanol–water partition coefficient (Wildman–Crippen LogP) is 3.28. The van der Waals surface area contributed by atoms with Crippen LogP contribution in [0.1, 0.15) is 43.7 Å². The van der Waals surface area contributed by atoms with E-state index in [9.17, 15) is 14.4 Å². The van der Waals surface area contributed by atoms with E-state index < -0.39 is 18.1 Å². The Balaban J connectivity index is 1.49. The molecule has 7 heteroatoms. The lowest BCUT2D eigenvalue weighted by Crippen LogP contribution is -2.39. The van der Waals surface area contributed by atoms with Crippen LogP contribution in [0, 0.1) is 0 Å². The Morgan fingerprint density at radius 2 is 1.53 bits per heavy atom. The molecule has 0 spiro atoms. The standard InChI is InChI=1S/C23H26N2O5/c1-14(11-12-21(26)25-15(2)22(27)28)24-23(29)30-13-20-18-9-5-3-7-16(18)17-8-4-6-10-19(17)20/h3-10,14-15,20H,11-13H2,1-2H3,(H,24,29)(H,25,26)(H,27,28). The van der Waals surface area contributed by atoms with Crippen LogP contribution in [0.3, 0.4) is 0 Å². The van der Waals surface area contributed by atoms with Crippen LogP contribution in [0.5, 0.6) is 0 Å². The van der Waals surface area contributed by atoms with Crippen LogP contribution in [-0.2, 0) is 14.3 Å². The van der Waals surface area contributed by atoms with Gasteiger partial charge in [-0.05, 0) is 42.5 Å². The molecule has 3 rings (SSSR count). The van der Waals surface area contributed by atoms with E-state index in [1.54, 1.807) is 6.92 Å². The molecule has 7 nitrogen and oxygen atoms in total. The Morgan fingerprint density at radius 1 is 0.967 bits per heavy atom. The van der Waals surface area contributed by atoms with Gasteiger partial charge in [0, 0.05) is 18.4 Å². The van der Waals surface area contributed by atoms with Gasteiger partial charge in [-0.25, -0.2) is 4.79 Å². The van der Waals surface area contributed by atoms with Crippen molar-refractivity contribution in [2.75, 3.05) is 6.61 Å². The van der Waals surface area contributed by atoms with Crippen molar-refractivity contribution in [2.24, 2.45) is 0 Å². The second kappa shape index (κ2) is 9.43. The molecule has 2 unspecified atom stereocenters. The molecule has 2 amide bonds. The number of ether oxygens (including phenoxy) is 1. The molecule has 0 heterocycles. The van der Waals surface area contributed by atoms with E-state index in [0.717, 1.165) is 22.3 Å². The number of carboxylic acids is 1. The smallest absolute Gasteiger partial charge is 0.407 e. The molecule has 3 N–H and O–H groups in total. The van der Waals surface area contributed by atoms with Crippen molar-refractivity contribution in [3.05, 3.63) is 59.7 Å². The molecule has 0 aromatic heterocycles. The zero-order valence-corrected chi connectivity index (χ0v) is 17.1. The lowest BCUT2D eigenvalue weighted by atomic mass is 9.98. The van der Waals surface area contributed by atoms with E-state index >= 15 is 0 Å². The Bertz CT molecular complexity index is 897. The molecule has 2 aromatic rings. The molecule has 0 bridgehead atoms. The Morgan fingerprint density at radius 3 is 2.10 bits per heavy atom. The Labute approximate surface area is 175 Å². The summed E-state index contributed by atoms with van der Waals surface area (Å²) < 4.78 is 5.48. The van der Waals surface area contributed by atoms with Gasteiger partial charge in [0.2, 0.25) is 5.91 Å². The van der Waals surface area contributed by atoms with Gasteiger partial charge in [-0.15, -0.1) is 0 Å². The summed E-state index contributed by atoms with van der Waals surface area (Å²) in [6, 6.07) is 15.0. The number of alkyl carbamates (subject to hydrolysis) is 1. The van der Waals surface area contributed by atoms with E-state index in [4.69, 9.17) is 9.84 Å². The normalized spacial score (nSPS) is 14.2. The Hall–Kier alpha value is -3.35.